The molecule has 94 valence electrons. The van der Waals surface area contributed by atoms with Crippen LogP contribution < -0.4 is 5.32 Å². The predicted molar refractivity (Wildman–Crippen MR) is 72.3 cm³/mol. The SMILES string of the molecule is CCCCOCCN=C1NC(C)(CC)CS1. The zero-order chi connectivity index (χ0) is 11.9. The standard InChI is InChI=1S/C12H24N2OS/c1-4-6-8-15-9-7-13-11-14-12(3,5-2)10-16-11/h4-10H2,1-3H3,(H,13,14). The summed E-state index contributed by atoms with van der Waals surface area (Å²) in [5, 5.41) is 4.56. The fourth-order valence-electron chi connectivity index (χ4n) is 1.39. The minimum Gasteiger partial charge on any atom is -0.380 e. The number of amidine groups is 1. The molecule has 16 heavy (non-hydrogen) atoms. The topological polar surface area (TPSA) is 33.6 Å². The van der Waals surface area contributed by atoms with E-state index in [0.29, 0.717) is 0 Å². The Hall–Kier alpha value is -0.220. The van der Waals surface area contributed by atoms with Crippen LogP contribution in [0.3, 0.4) is 0 Å². The summed E-state index contributed by atoms with van der Waals surface area (Å²) >= 11 is 1.83. The van der Waals surface area contributed by atoms with Crippen molar-refractivity contribution in [1.82, 2.24) is 5.32 Å². The highest BCUT2D eigenvalue weighted by Gasteiger charge is 2.30. The van der Waals surface area contributed by atoms with Gasteiger partial charge >= 0.3 is 0 Å². The predicted octanol–water partition coefficient (Wildman–Crippen LogP) is 2.66. The number of nitrogens with one attached hydrogen (secondary N) is 1. The molecule has 1 N–H and O–H groups in total. The van der Waals surface area contributed by atoms with Crippen LogP contribution in [-0.4, -0.2) is 36.2 Å². The third kappa shape index (κ3) is 4.74. The summed E-state index contributed by atoms with van der Waals surface area (Å²) in [7, 11) is 0. The van der Waals surface area contributed by atoms with E-state index < -0.39 is 0 Å². The molecule has 0 bridgehead atoms. The molecule has 4 heteroatoms. The van der Waals surface area contributed by atoms with Crippen LogP contribution in [0.1, 0.15) is 40.0 Å². The molecule has 0 saturated carbocycles. The summed E-state index contributed by atoms with van der Waals surface area (Å²) < 4.78 is 5.47. The number of unbranched alkanes of at least 4 members (excludes halogenated alkanes) is 1. The highest BCUT2D eigenvalue weighted by Crippen LogP contribution is 2.25. The van der Waals surface area contributed by atoms with Crippen molar-refractivity contribution in [3.05, 3.63) is 0 Å². The molecule has 1 fully saturated rings. The molecular formula is C12H24N2OS. The number of ether oxygens (including phenoxy) is 1. The minimum absolute atomic E-state index is 0.243. The highest BCUT2D eigenvalue weighted by molar-refractivity contribution is 8.14. The third-order valence-electron chi connectivity index (χ3n) is 2.85. The average molecular weight is 244 g/mol. The van der Waals surface area contributed by atoms with E-state index >= 15 is 0 Å². The zero-order valence-electron chi connectivity index (χ0n) is 10.7. The van der Waals surface area contributed by atoms with Crippen LogP contribution in [-0.2, 0) is 4.74 Å². The molecule has 0 aromatic carbocycles. The summed E-state index contributed by atoms with van der Waals surface area (Å²) in [5.74, 6) is 1.12. The van der Waals surface area contributed by atoms with Crippen molar-refractivity contribution in [1.29, 1.82) is 0 Å². The molecule has 0 spiro atoms. The smallest absolute Gasteiger partial charge is 0.157 e. The summed E-state index contributed by atoms with van der Waals surface area (Å²) in [5.41, 5.74) is 0.243. The van der Waals surface area contributed by atoms with Gasteiger partial charge < -0.3 is 10.1 Å². The number of aliphatic imine (C=N–C) groups is 1. The lowest BCUT2D eigenvalue weighted by Gasteiger charge is -2.20. The molecule has 0 aromatic heterocycles. The number of hydrogen-bond acceptors (Lipinski definition) is 3. The Morgan fingerprint density at radius 3 is 2.88 bits per heavy atom. The Morgan fingerprint density at radius 2 is 2.25 bits per heavy atom. The molecule has 3 nitrogen and oxygen atoms in total. The molecule has 1 aliphatic heterocycles. The lowest BCUT2D eigenvalue weighted by Crippen LogP contribution is -2.39. The molecular weight excluding hydrogens is 220 g/mol. The van der Waals surface area contributed by atoms with Crippen LogP contribution in [0.4, 0.5) is 0 Å². The second-order valence-corrected chi connectivity index (χ2v) is 5.44. The van der Waals surface area contributed by atoms with Gasteiger partial charge in [0.25, 0.3) is 0 Å². The molecule has 1 aliphatic rings. The number of hydrogen-bond donors (Lipinski definition) is 1. The van der Waals surface area contributed by atoms with Crippen molar-refractivity contribution in [2.75, 3.05) is 25.5 Å². The Balaban J connectivity index is 2.12. The van der Waals surface area contributed by atoms with Crippen molar-refractivity contribution < 1.29 is 4.74 Å². The molecule has 1 rings (SSSR count). The van der Waals surface area contributed by atoms with Crippen molar-refractivity contribution >= 4 is 16.9 Å². The van der Waals surface area contributed by atoms with Gasteiger partial charge in [-0.25, -0.2) is 0 Å². The van der Waals surface area contributed by atoms with Gasteiger partial charge in [0, 0.05) is 17.9 Å². The second-order valence-electron chi connectivity index (χ2n) is 4.48. The van der Waals surface area contributed by atoms with Gasteiger partial charge in [-0.2, -0.15) is 0 Å². The van der Waals surface area contributed by atoms with Crippen LogP contribution in [0.5, 0.6) is 0 Å². The lowest BCUT2D eigenvalue weighted by atomic mass is 10.0. The van der Waals surface area contributed by atoms with Crippen molar-refractivity contribution in [2.45, 2.75) is 45.6 Å². The van der Waals surface area contributed by atoms with Gasteiger partial charge in [0.05, 0.1) is 13.2 Å². The molecule has 1 heterocycles. The van der Waals surface area contributed by atoms with E-state index in [-0.39, 0.29) is 5.54 Å². The maximum absolute atomic E-state index is 5.47. The van der Waals surface area contributed by atoms with Crippen molar-refractivity contribution in [2.24, 2.45) is 4.99 Å². The molecule has 1 atom stereocenters. The third-order valence-corrected chi connectivity index (χ3v) is 4.14. The fraction of sp³-hybridized carbons (Fsp3) is 0.917. The first kappa shape index (κ1) is 13.8. The van der Waals surface area contributed by atoms with Crippen LogP contribution >= 0.6 is 11.8 Å². The van der Waals surface area contributed by atoms with Gasteiger partial charge in [-0.15, -0.1) is 0 Å². The van der Waals surface area contributed by atoms with Crippen molar-refractivity contribution in [3.63, 3.8) is 0 Å². The largest absolute Gasteiger partial charge is 0.380 e. The maximum atomic E-state index is 5.47. The minimum atomic E-state index is 0.243. The number of rotatable bonds is 7. The zero-order valence-corrected chi connectivity index (χ0v) is 11.5. The Kier molecular flexibility index (Phi) is 6.21. The second kappa shape index (κ2) is 7.17. The van der Waals surface area contributed by atoms with Crippen molar-refractivity contribution in [3.8, 4) is 0 Å². The van der Waals surface area contributed by atoms with Crippen LogP contribution in [0.2, 0.25) is 0 Å². The van der Waals surface area contributed by atoms with Gasteiger partial charge in [0.1, 0.15) is 0 Å². The molecule has 0 aromatic rings. The van der Waals surface area contributed by atoms with E-state index in [0.717, 1.165) is 43.5 Å². The first-order chi connectivity index (χ1) is 7.70. The van der Waals surface area contributed by atoms with Gasteiger partial charge in [0.2, 0.25) is 0 Å². The molecule has 1 saturated heterocycles. The summed E-state index contributed by atoms with van der Waals surface area (Å²) in [6.45, 7) is 9.03. The summed E-state index contributed by atoms with van der Waals surface area (Å²) in [4.78, 5) is 4.51. The van der Waals surface area contributed by atoms with E-state index in [9.17, 15) is 0 Å². The summed E-state index contributed by atoms with van der Waals surface area (Å²) in [6, 6.07) is 0. The Bertz CT molecular complexity index is 233. The first-order valence-corrected chi connectivity index (χ1v) is 7.22. The Labute approximate surface area is 103 Å². The van der Waals surface area contributed by atoms with E-state index in [1.54, 1.807) is 0 Å². The monoisotopic (exact) mass is 244 g/mol. The van der Waals surface area contributed by atoms with E-state index in [1.165, 1.54) is 6.42 Å². The Morgan fingerprint density at radius 1 is 1.44 bits per heavy atom. The molecule has 0 aliphatic carbocycles. The normalized spacial score (nSPS) is 27.3. The van der Waals surface area contributed by atoms with Crippen LogP contribution in [0.15, 0.2) is 4.99 Å². The lowest BCUT2D eigenvalue weighted by molar-refractivity contribution is 0.139. The van der Waals surface area contributed by atoms with E-state index in [4.69, 9.17) is 4.74 Å². The highest BCUT2D eigenvalue weighted by atomic mass is 32.2. The number of nitrogens with zero attached hydrogens (tertiary/aromatic N) is 1. The molecule has 0 amide bonds. The van der Waals surface area contributed by atoms with Crippen LogP contribution in [0.25, 0.3) is 0 Å². The fourth-order valence-corrected chi connectivity index (χ4v) is 2.63. The van der Waals surface area contributed by atoms with Gasteiger partial charge in [-0.1, -0.05) is 32.0 Å². The van der Waals surface area contributed by atoms with E-state index in [1.807, 2.05) is 11.8 Å². The molecule has 1 unspecified atom stereocenters. The average Bonchev–Trinajstić information content (AvgIpc) is 2.66. The first-order valence-electron chi connectivity index (χ1n) is 6.23. The summed E-state index contributed by atoms with van der Waals surface area (Å²) in [6.07, 6.45) is 3.49. The number of thioether (sulfide) groups is 1. The van der Waals surface area contributed by atoms with E-state index in [2.05, 4.69) is 31.1 Å². The van der Waals surface area contributed by atoms with Gasteiger partial charge in [-0.3, -0.25) is 4.99 Å². The van der Waals surface area contributed by atoms with Gasteiger partial charge in [-0.05, 0) is 19.8 Å². The van der Waals surface area contributed by atoms with Crippen LogP contribution in [0, 0.1) is 0 Å². The maximum Gasteiger partial charge on any atom is 0.157 e. The quantitative estimate of drug-likeness (QED) is 0.699. The molecule has 0 radical (unpaired) electrons. The van der Waals surface area contributed by atoms with Gasteiger partial charge in [0.15, 0.2) is 5.17 Å².